The molecule has 5 heteroatoms. The summed E-state index contributed by atoms with van der Waals surface area (Å²) in [5.74, 6) is -1.26. The Bertz CT molecular complexity index is 421. The summed E-state index contributed by atoms with van der Waals surface area (Å²) in [4.78, 5) is 11.7. The van der Waals surface area contributed by atoms with E-state index < -0.39 is 24.4 Å². The number of aliphatic hydroxyl groups excluding tert-OH is 1. The monoisotopic (exact) mass is 272 g/mol. The number of halogens is 2. The average Bonchev–Trinajstić information content (AvgIpc) is 2.39. The number of hydrogen-bond acceptors (Lipinski definition) is 3. The van der Waals surface area contributed by atoms with Crippen LogP contribution in [0.15, 0.2) is 24.3 Å². The van der Waals surface area contributed by atoms with E-state index in [1.165, 1.54) is 24.3 Å². The zero-order chi connectivity index (χ0) is 14.4. The Labute approximate surface area is 111 Å². The number of alkyl halides is 2. The molecule has 1 rings (SSSR count). The first-order valence-corrected chi connectivity index (χ1v) is 6.23. The zero-order valence-corrected chi connectivity index (χ0v) is 11.0. The van der Waals surface area contributed by atoms with Crippen molar-refractivity contribution in [3.8, 4) is 0 Å². The first kappa shape index (κ1) is 15.6. The molecule has 1 N–H and O–H groups in total. The minimum absolute atomic E-state index is 0.171. The van der Waals surface area contributed by atoms with Crippen LogP contribution in [-0.4, -0.2) is 17.7 Å². The molecule has 1 aromatic carbocycles. The summed E-state index contributed by atoms with van der Waals surface area (Å²) >= 11 is 0. The van der Waals surface area contributed by atoms with Crippen LogP contribution in [0.2, 0.25) is 0 Å². The van der Waals surface area contributed by atoms with Crippen LogP contribution in [0.25, 0.3) is 0 Å². The highest BCUT2D eigenvalue weighted by Gasteiger charge is 2.28. The van der Waals surface area contributed by atoms with Gasteiger partial charge in [0, 0.05) is 5.56 Å². The number of esters is 1. The van der Waals surface area contributed by atoms with Crippen molar-refractivity contribution in [3.05, 3.63) is 35.4 Å². The van der Waals surface area contributed by atoms with E-state index in [1.807, 2.05) is 0 Å². The lowest BCUT2D eigenvalue weighted by Crippen LogP contribution is -2.24. The Morgan fingerprint density at radius 1 is 1.32 bits per heavy atom. The topological polar surface area (TPSA) is 46.5 Å². The molecule has 1 aromatic rings. The van der Waals surface area contributed by atoms with Gasteiger partial charge in [-0.1, -0.05) is 25.1 Å². The van der Waals surface area contributed by atoms with Gasteiger partial charge in [0.1, 0.15) is 0 Å². The molecule has 0 aliphatic heterocycles. The molecule has 0 saturated carbocycles. The quantitative estimate of drug-likeness (QED) is 0.809. The fourth-order valence-electron chi connectivity index (χ4n) is 1.88. The van der Waals surface area contributed by atoms with Crippen molar-refractivity contribution in [1.29, 1.82) is 0 Å². The molecule has 106 valence electrons. The van der Waals surface area contributed by atoms with E-state index in [9.17, 15) is 18.7 Å². The molecule has 0 aromatic heterocycles. The Balaban J connectivity index is 2.93. The van der Waals surface area contributed by atoms with Crippen LogP contribution in [-0.2, 0) is 9.53 Å². The summed E-state index contributed by atoms with van der Waals surface area (Å²) in [5.41, 5.74) is 0.132. The number of carbonyl (C=O) groups is 1. The second-order valence-corrected chi connectivity index (χ2v) is 4.18. The van der Waals surface area contributed by atoms with Crippen molar-refractivity contribution in [3.63, 3.8) is 0 Å². The second kappa shape index (κ2) is 7.19. The van der Waals surface area contributed by atoms with Crippen molar-refractivity contribution in [2.75, 3.05) is 6.61 Å². The highest BCUT2D eigenvalue weighted by molar-refractivity contribution is 5.73. The van der Waals surface area contributed by atoms with Crippen LogP contribution in [0, 0.1) is 5.92 Å². The van der Waals surface area contributed by atoms with Crippen molar-refractivity contribution >= 4 is 5.97 Å². The summed E-state index contributed by atoms with van der Waals surface area (Å²) in [5, 5.41) is 10.1. The maximum atomic E-state index is 12.6. The van der Waals surface area contributed by atoms with Gasteiger partial charge >= 0.3 is 5.97 Å². The molecule has 0 heterocycles. The molecule has 0 aliphatic rings. The average molecular weight is 272 g/mol. The number of aliphatic hydroxyl groups is 1. The van der Waals surface area contributed by atoms with Crippen LogP contribution >= 0.6 is 0 Å². The summed E-state index contributed by atoms with van der Waals surface area (Å²) < 4.78 is 30.1. The smallest absolute Gasteiger partial charge is 0.311 e. The molecule has 19 heavy (non-hydrogen) atoms. The molecule has 0 spiro atoms. The predicted molar refractivity (Wildman–Crippen MR) is 66.8 cm³/mol. The Morgan fingerprint density at radius 2 is 1.95 bits per heavy atom. The fraction of sp³-hybridized carbons (Fsp3) is 0.500. The maximum Gasteiger partial charge on any atom is 0.311 e. The van der Waals surface area contributed by atoms with E-state index in [0.717, 1.165) is 0 Å². The van der Waals surface area contributed by atoms with Crippen molar-refractivity contribution in [1.82, 2.24) is 0 Å². The molecule has 0 radical (unpaired) electrons. The van der Waals surface area contributed by atoms with Gasteiger partial charge in [-0.05, 0) is 25.0 Å². The number of carbonyl (C=O) groups excluding carboxylic acids is 1. The van der Waals surface area contributed by atoms with Crippen LogP contribution in [0.5, 0.6) is 0 Å². The number of ether oxygens (including phenoxy) is 1. The normalized spacial score (nSPS) is 14.2. The minimum Gasteiger partial charge on any atom is -0.466 e. The lowest BCUT2D eigenvalue weighted by atomic mass is 9.92. The number of benzene rings is 1. The largest absolute Gasteiger partial charge is 0.466 e. The van der Waals surface area contributed by atoms with Crippen molar-refractivity contribution in [2.45, 2.75) is 32.8 Å². The number of rotatable bonds is 6. The third-order valence-corrected chi connectivity index (χ3v) is 2.91. The fourth-order valence-corrected chi connectivity index (χ4v) is 1.88. The van der Waals surface area contributed by atoms with Crippen LogP contribution in [0.3, 0.4) is 0 Å². The van der Waals surface area contributed by atoms with E-state index in [0.29, 0.717) is 12.0 Å². The van der Waals surface area contributed by atoms with E-state index in [4.69, 9.17) is 4.74 Å². The van der Waals surface area contributed by atoms with E-state index in [2.05, 4.69) is 0 Å². The Morgan fingerprint density at radius 3 is 2.47 bits per heavy atom. The molecule has 2 unspecified atom stereocenters. The summed E-state index contributed by atoms with van der Waals surface area (Å²) in [7, 11) is 0. The molecule has 0 saturated heterocycles. The van der Waals surface area contributed by atoms with Gasteiger partial charge in [0.25, 0.3) is 6.43 Å². The molecule has 0 amide bonds. The van der Waals surface area contributed by atoms with Gasteiger partial charge < -0.3 is 9.84 Å². The van der Waals surface area contributed by atoms with Gasteiger partial charge in [0.2, 0.25) is 0 Å². The highest BCUT2D eigenvalue weighted by Crippen LogP contribution is 2.28. The van der Waals surface area contributed by atoms with Gasteiger partial charge in [0.05, 0.1) is 18.6 Å². The molecule has 3 nitrogen and oxygen atoms in total. The molecular formula is C14H18F2O3. The van der Waals surface area contributed by atoms with Gasteiger partial charge in [-0.15, -0.1) is 0 Å². The van der Waals surface area contributed by atoms with E-state index in [-0.39, 0.29) is 12.2 Å². The van der Waals surface area contributed by atoms with Crippen molar-refractivity contribution < 1.29 is 23.4 Å². The highest BCUT2D eigenvalue weighted by atomic mass is 19.3. The second-order valence-electron chi connectivity index (χ2n) is 4.18. The molecular weight excluding hydrogens is 254 g/mol. The first-order chi connectivity index (χ1) is 9.01. The van der Waals surface area contributed by atoms with Crippen LogP contribution < -0.4 is 0 Å². The third kappa shape index (κ3) is 3.99. The summed E-state index contributed by atoms with van der Waals surface area (Å²) in [6.07, 6.45) is -3.36. The third-order valence-electron chi connectivity index (χ3n) is 2.91. The van der Waals surface area contributed by atoms with E-state index in [1.54, 1.807) is 13.8 Å². The van der Waals surface area contributed by atoms with Crippen molar-refractivity contribution in [2.24, 2.45) is 5.92 Å². The van der Waals surface area contributed by atoms with Crippen LogP contribution in [0.4, 0.5) is 8.78 Å². The van der Waals surface area contributed by atoms with Gasteiger partial charge in [-0.3, -0.25) is 4.79 Å². The number of hydrogen-bond donors (Lipinski definition) is 1. The standard InChI is InChI=1S/C14H18F2O3/c1-3-11(14(18)19-4-2)12(17)9-6-5-7-10(8-9)13(15)16/h5-8,11-13,17H,3-4H2,1-2H3. The Kier molecular flexibility index (Phi) is 5.89. The molecule has 2 atom stereocenters. The maximum absolute atomic E-state index is 12.6. The predicted octanol–water partition coefficient (Wildman–Crippen LogP) is 3.25. The summed E-state index contributed by atoms with van der Waals surface area (Å²) in [6.45, 7) is 3.63. The van der Waals surface area contributed by atoms with Gasteiger partial charge in [-0.25, -0.2) is 8.78 Å². The zero-order valence-electron chi connectivity index (χ0n) is 11.0. The van der Waals surface area contributed by atoms with Crippen LogP contribution in [0.1, 0.15) is 43.9 Å². The first-order valence-electron chi connectivity index (χ1n) is 6.23. The molecule has 0 bridgehead atoms. The van der Waals surface area contributed by atoms with Gasteiger partial charge in [0.15, 0.2) is 0 Å². The minimum atomic E-state index is -2.60. The lowest BCUT2D eigenvalue weighted by Gasteiger charge is -2.20. The molecule has 0 aliphatic carbocycles. The SMILES string of the molecule is CCOC(=O)C(CC)C(O)c1cccc(C(F)F)c1. The lowest BCUT2D eigenvalue weighted by molar-refractivity contribution is -0.152. The van der Waals surface area contributed by atoms with E-state index >= 15 is 0 Å². The summed E-state index contributed by atoms with van der Waals surface area (Å²) in [6, 6.07) is 5.47. The van der Waals surface area contributed by atoms with Gasteiger partial charge in [-0.2, -0.15) is 0 Å². The Hall–Kier alpha value is -1.49. The molecule has 0 fully saturated rings.